The Morgan fingerprint density at radius 3 is 2.50 bits per heavy atom. The zero-order chi connectivity index (χ0) is 14.9. The van der Waals surface area contributed by atoms with Crippen LogP contribution in [-0.4, -0.2) is 4.83 Å². The summed E-state index contributed by atoms with van der Waals surface area (Å²) in [5.41, 5.74) is 1.47. The predicted octanol–water partition coefficient (Wildman–Crippen LogP) is 6.36. The summed E-state index contributed by atoms with van der Waals surface area (Å²) in [5.74, 6) is 1.21. The second-order valence-electron chi connectivity index (χ2n) is 7.13. The molecule has 1 aromatic rings. The van der Waals surface area contributed by atoms with Crippen molar-refractivity contribution in [1.29, 1.82) is 0 Å². The molecule has 1 saturated carbocycles. The van der Waals surface area contributed by atoms with Crippen LogP contribution >= 0.6 is 31.9 Å². The van der Waals surface area contributed by atoms with Crippen LogP contribution < -0.4 is 0 Å². The van der Waals surface area contributed by atoms with E-state index in [9.17, 15) is 4.39 Å². The highest BCUT2D eigenvalue weighted by molar-refractivity contribution is 9.10. The van der Waals surface area contributed by atoms with Gasteiger partial charge in [0, 0.05) is 9.30 Å². The molecule has 1 aliphatic rings. The number of hydrogen-bond acceptors (Lipinski definition) is 0. The van der Waals surface area contributed by atoms with Crippen LogP contribution in [0.2, 0.25) is 0 Å². The van der Waals surface area contributed by atoms with Crippen molar-refractivity contribution in [3.63, 3.8) is 0 Å². The average molecular weight is 406 g/mol. The highest BCUT2D eigenvalue weighted by Gasteiger charge is 2.34. The van der Waals surface area contributed by atoms with Gasteiger partial charge in [-0.25, -0.2) is 4.39 Å². The van der Waals surface area contributed by atoms with Gasteiger partial charge in [-0.2, -0.15) is 0 Å². The van der Waals surface area contributed by atoms with Crippen molar-refractivity contribution in [2.75, 3.05) is 0 Å². The Bertz CT molecular complexity index is 444. The minimum Gasteiger partial charge on any atom is -0.207 e. The first-order valence-electron chi connectivity index (χ1n) is 7.35. The van der Waals surface area contributed by atoms with Crippen LogP contribution in [0.5, 0.6) is 0 Å². The monoisotopic (exact) mass is 404 g/mol. The smallest absolute Gasteiger partial charge is 0.124 e. The first kappa shape index (κ1) is 16.5. The first-order chi connectivity index (χ1) is 9.25. The van der Waals surface area contributed by atoms with Gasteiger partial charge >= 0.3 is 0 Å². The minimum absolute atomic E-state index is 0.149. The van der Waals surface area contributed by atoms with Crippen LogP contribution in [-0.2, 0) is 6.42 Å². The summed E-state index contributed by atoms with van der Waals surface area (Å²) < 4.78 is 14.3. The van der Waals surface area contributed by atoms with Crippen molar-refractivity contribution in [3.8, 4) is 0 Å². The van der Waals surface area contributed by atoms with E-state index in [1.807, 2.05) is 6.07 Å². The molecule has 0 heterocycles. The molecule has 0 bridgehead atoms. The van der Waals surface area contributed by atoms with Crippen LogP contribution in [0, 0.1) is 23.1 Å². The largest absolute Gasteiger partial charge is 0.207 e. The Kier molecular flexibility index (Phi) is 5.34. The molecule has 20 heavy (non-hydrogen) atoms. The second kappa shape index (κ2) is 6.48. The fraction of sp³-hybridized carbons (Fsp3) is 0.647. The molecular formula is C17H23Br2F. The summed E-state index contributed by atoms with van der Waals surface area (Å²) in [7, 11) is 0. The maximum atomic E-state index is 13.5. The van der Waals surface area contributed by atoms with E-state index < -0.39 is 0 Å². The summed E-state index contributed by atoms with van der Waals surface area (Å²) in [6.07, 6.45) is 4.71. The molecule has 1 aromatic carbocycles. The molecule has 3 heteroatoms. The van der Waals surface area contributed by atoms with Crippen molar-refractivity contribution in [1.82, 2.24) is 0 Å². The molecule has 0 saturated heterocycles. The molecule has 0 nitrogen and oxygen atoms in total. The molecule has 1 aliphatic carbocycles. The van der Waals surface area contributed by atoms with Gasteiger partial charge in [0.25, 0.3) is 0 Å². The maximum Gasteiger partial charge on any atom is 0.124 e. The Labute approximate surface area is 138 Å². The second-order valence-corrected chi connectivity index (χ2v) is 9.23. The van der Waals surface area contributed by atoms with E-state index >= 15 is 0 Å². The van der Waals surface area contributed by atoms with E-state index in [1.54, 1.807) is 6.07 Å². The quantitative estimate of drug-likeness (QED) is 0.502. The number of hydrogen-bond donors (Lipinski definition) is 0. The van der Waals surface area contributed by atoms with E-state index in [2.05, 4.69) is 52.6 Å². The highest BCUT2D eigenvalue weighted by Crippen LogP contribution is 2.43. The fourth-order valence-corrected chi connectivity index (χ4v) is 4.44. The first-order valence-corrected chi connectivity index (χ1v) is 9.05. The molecule has 0 aromatic heterocycles. The summed E-state index contributed by atoms with van der Waals surface area (Å²) in [6.45, 7) is 7.01. The zero-order valence-corrected chi connectivity index (χ0v) is 15.6. The number of halogens is 3. The number of benzene rings is 1. The molecule has 112 valence electrons. The van der Waals surface area contributed by atoms with E-state index in [-0.39, 0.29) is 5.82 Å². The molecule has 3 unspecified atom stereocenters. The lowest BCUT2D eigenvalue weighted by Crippen LogP contribution is -2.33. The molecule has 0 amide bonds. The van der Waals surface area contributed by atoms with Gasteiger partial charge in [0.15, 0.2) is 0 Å². The molecule has 0 spiro atoms. The van der Waals surface area contributed by atoms with Crippen molar-refractivity contribution >= 4 is 31.9 Å². The normalized spacial score (nSPS) is 27.6. The lowest BCUT2D eigenvalue weighted by molar-refractivity contribution is 0.146. The van der Waals surface area contributed by atoms with Crippen LogP contribution in [0.4, 0.5) is 4.39 Å². The van der Waals surface area contributed by atoms with Crippen LogP contribution in [0.25, 0.3) is 0 Å². The number of rotatable bonds is 2. The van der Waals surface area contributed by atoms with E-state index in [1.165, 1.54) is 25.3 Å². The fourth-order valence-electron chi connectivity index (χ4n) is 3.26. The molecular weight excluding hydrogens is 383 g/mol. The third-order valence-electron chi connectivity index (χ3n) is 4.53. The van der Waals surface area contributed by atoms with Gasteiger partial charge in [0.2, 0.25) is 0 Å². The average Bonchev–Trinajstić information content (AvgIpc) is 2.29. The highest BCUT2D eigenvalue weighted by atomic mass is 79.9. The molecule has 0 N–H and O–H groups in total. The van der Waals surface area contributed by atoms with Gasteiger partial charge in [-0.1, -0.05) is 52.6 Å². The van der Waals surface area contributed by atoms with Crippen LogP contribution in [0.3, 0.4) is 0 Å². The summed E-state index contributed by atoms with van der Waals surface area (Å²) in [6, 6.07) is 5.24. The molecule has 1 fully saturated rings. The number of alkyl halides is 1. The molecule has 2 rings (SSSR count). The SMILES string of the molecule is CC(C)(C)C1CCC(Br)C(Cc2cc(F)cc(Br)c2)C1. The lowest BCUT2D eigenvalue weighted by atomic mass is 9.68. The summed E-state index contributed by atoms with van der Waals surface area (Å²) in [5, 5.41) is 0. The van der Waals surface area contributed by atoms with E-state index in [0.29, 0.717) is 16.2 Å². The van der Waals surface area contributed by atoms with Crippen LogP contribution in [0.1, 0.15) is 45.6 Å². The van der Waals surface area contributed by atoms with Gasteiger partial charge in [0.1, 0.15) is 5.82 Å². The lowest BCUT2D eigenvalue weighted by Gasteiger charge is -2.40. The van der Waals surface area contributed by atoms with Gasteiger partial charge < -0.3 is 0 Å². The molecule has 3 atom stereocenters. The van der Waals surface area contributed by atoms with Gasteiger partial charge in [-0.15, -0.1) is 0 Å². The van der Waals surface area contributed by atoms with Gasteiger partial charge in [0.05, 0.1) is 0 Å². The summed E-state index contributed by atoms with van der Waals surface area (Å²) >= 11 is 7.22. The molecule has 0 radical (unpaired) electrons. The van der Waals surface area contributed by atoms with Gasteiger partial charge in [-0.05, 0) is 66.7 Å². The van der Waals surface area contributed by atoms with Crippen molar-refractivity contribution in [3.05, 3.63) is 34.1 Å². The maximum absolute atomic E-state index is 13.5. The van der Waals surface area contributed by atoms with E-state index in [0.717, 1.165) is 22.4 Å². The van der Waals surface area contributed by atoms with Crippen LogP contribution in [0.15, 0.2) is 22.7 Å². The van der Waals surface area contributed by atoms with Gasteiger partial charge in [-0.3, -0.25) is 0 Å². The third kappa shape index (κ3) is 4.30. The molecule has 0 aliphatic heterocycles. The Morgan fingerprint density at radius 1 is 1.20 bits per heavy atom. The van der Waals surface area contributed by atoms with Crippen molar-refractivity contribution in [2.45, 2.75) is 51.3 Å². The topological polar surface area (TPSA) is 0 Å². The summed E-state index contributed by atoms with van der Waals surface area (Å²) in [4.78, 5) is 0.558. The predicted molar refractivity (Wildman–Crippen MR) is 90.8 cm³/mol. The Morgan fingerprint density at radius 2 is 1.90 bits per heavy atom. The Hall–Kier alpha value is 0.110. The van der Waals surface area contributed by atoms with Crippen molar-refractivity contribution in [2.24, 2.45) is 17.3 Å². The van der Waals surface area contributed by atoms with Crippen molar-refractivity contribution < 1.29 is 4.39 Å². The third-order valence-corrected chi connectivity index (χ3v) is 6.20. The Balaban J connectivity index is 2.10. The zero-order valence-electron chi connectivity index (χ0n) is 12.4. The minimum atomic E-state index is -0.149. The van der Waals surface area contributed by atoms with E-state index in [4.69, 9.17) is 0 Å². The standard InChI is InChI=1S/C17H23Br2F/c1-17(2,3)13-4-5-16(19)12(9-13)6-11-7-14(18)10-15(20)8-11/h7-8,10,12-13,16H,4-6,9H2,1-3H3.